The molecular formula is C37H63N9O10. The van der Waals surface area contributed by atoms with Gasteiger partial charge in [-0.1, -0.05) is 48.0 Å². The van der Waals surface area contributed by atoms with Crippen LogP contribution in [0, 0.1) is 17.8 Å². The molecule has 2 aliphatic heterocycles. The van der Waals surface area contributed by atoms with Gasteiger partial charge in [0.2, 0.25) is 47.3 Å². The normalized spacial score (nSPS) is 20.0. The van der Waals surface area contributed by atoms with Crippen molar-refractivity contribution in [1.29, 1.82) is 0 Å². The van der Waals surface area contributed by atoms with Gasteiger partial charge in [-0.3, -0.25) is 38.4 Å². The van der Waals surface area contributed by atoms with Crippen molar-refractivity contribution in [3.63, 3.8) is 0 Å². The van der Waals surface area contributed by atoms with Crippen LogP contribution in [0.4, 0.5) is 0 Å². The standard InChI is InChI=1S/C37H63N9O10/c1-7-21(6)30(44-33(51)26-11-8-16-45(26)35(53)24(18-19(2)3)43-34(52)29(40)20(4)5)36(54)46-17-9-10-25(46)32(50)41-22(12-14-27(38)47)31(49)42-23(37(55)56)13-15-28(39)48/h19-26,29-30H,7-18,40H2,1-6H3,(H2,38,47)(H2,39,48)(H,41,50)(H,42,49)(H,43,52)(H,44,51)(H,55,56)/t21-,22-,23-,24-,25-,26-,29-,30-/m0/s1. The summed E-state index contributed by atoms with van der Waals surface area (Å²) in [5.41, 5.74) is 16.5. The fourth-order valence-electron chi connectivity index (χ4n) is 6.82. The summed E-state index contributed by atoms with van der Waals surface area (Å²) < 4.78 is 0. The van der Waals surface area contributed by atoms with E-state index in [0.717, 1.165) is 0 Å². The molecule has 0 unspecified atom stereocenters. The van der Waals surface area contributed by atoms with Crippen molar-refractivity contribution in [3.05, 3.63) is 0 Å². The van der Waals surface area contributed by atoms with Crippen LogP contribution in [0.2, 0.25) is 0 Å². The number of hydrogen-bond donors (Lipinski definition) is 8. The Morgan fingerprint density at radius 2 is 1.16 bits per heavy atom. The molecule has 2 heterocycles. The first-order valence-electron chi connectivity index (χ1n) is 19.6. The van der Waals surface area contributed by atoms with Gasteiger partial charge in [-0.2, -0.15) is 0 Å². The summed E-state index contributed by atoms with van der Waals surface area (Å²) in [7, 11) is 0. The second-order valence-corrected chi connectivity index (χ2v) is 15.7. The molecule has 0 aromatic heterocycles. The van der Waals surface area contributed by atoms with Crippen LogP contribution in [0.25, 0.3) is 0 Å². The van der Waals surface area contributed by atoms with E-state index in [4.69, 9.17) is 17.2 Å². The predicted molar refractivity (Wildman–Crippen MR) is 203 cm³/mol. The number of nitrogens with zero attached hydrogens (tertiary/aromatic N) is 2. The zero-order valence-corrected chi connectivity index (χ0v) is 33.5. The molecule has 0 aliphatic carbocycles. The number of amides is 8. The summed E-state index contributed by atoms with van der Waals surface area (Å²) in [6.07, 6.45) is 1.05. The van der Waals surface area contributed by atoms with Crippen LogP contribution >= 0.6 is 0 Å². The van der Waals surface area contributed by atoms with Crippen molar-refractivity contribution in [3.8, 4) is 0 Å². The molecule has 11 N–H and O–H groups in total. The van der Waals surface area contributed by atoms with E-state index in [-0.39, 0.29) is 57.0 Å². The largest absolute Gasteiger partial charge is 0.480 e. The number of aliphatic carboxylic acids is 1. The van der Waals surface area contributed by atoms with Crippen molar-refractivity contribution in [2.75, 3.05) is 13.1 Å². The predicted octanol–water partition coefficient (Wildman–Crippen LogP) is -1.40. The Morgan fingerprint density at radius 3 is 1.62 bits per heavy atom. The zero-order valence-electron chi connectivity index (χ0n) is 33.5. The molecule has 2 aliphatic rings. The smallest absolute Gasteiger partial charge is 0.326 e. The lowest BCUT2D eigenvalue weighted by molar-refractivity contribution is -0.146. The molecule has 8 amide bonds. The molecule has 19 heteroatoms. The lowest BCUT2D eigenvalue weighted by atomic mass is 9.96. The Labute approximate surface area is 328 Å². The van der Waals surface area contributed by atoms with Gasteiger partial charge in [-0.15, -0.1) is 0 Å². The Bertz CT molecular complexity index is 1460. The topological polar surface area (TPSA) is 307 Å². The van der Waals surface area contributed by atoms with Crippen LogP contribution in [0.1, 0.15) is 106 Å². The molecule has 316 valence electrons. The van der Waals surface area contributed by atoms with Gasteiger partial charge in [0.05, 0.1) is 6.04 Å². The second-order valence-electron chi connectivity index (χ2n) is 15.7. The summed E-state index contributed by atoms with van der Waals surface area (Å²) in [6, 6.07) is -7.71. The number of carboxylic acids is 1. The summed E-state index contributed by atoms with van der Waals surface area (Å²) >= 11 is 0. The van der Waals surface area contributed by atoms with Crippen molar-refractivity contribution in [2.24, 2.45) is 35.0 Å². The third-order valence-corrected chi connectivity index (χ3v) is 10.4. The third-order valence-electron chi connectivity index (χ3n) is 10.4. The fraction of sp³-hybridized carbons (Fsp3) is 0.757. The maximum Gasteiger partial charge on any atom is 0.326 e. The number of carbonyl (C=O) groups is 9. The van der Waals surface area contributed by atoms with Gasteiger partial charge in [0.15, 0.2) is 0 Å². The molecule has 2 fully saturated rings. The summed E-state index contributed by atoms with van der Waals surface area (Å²) in [6.45, 7) is 11.5. The van der Waals surface area contributed by atoms with E-state index >= 15 is 0 Å². The summed E-state index contributed by atoms with van der Waals surface area (Å²) in [5, 5.41) is 20.0. The number of hydrogen-bond acceptors (Lipinski definition) is 10. The average molecular weight is 794 g/mol. The van der Waals surface area contributed by atoms with Crippen molar-refractivity contribution < 1.29 is 48.3 Å². The Morgan fingerprint density at radius 1 is 0.679 bits per heavy atom. The molecule has 0 aromatic carbocycles. The first kappa shape index (κ1) is 47.3. The Balaban J connectivity index is 2.27. The third kappa shape index (κ3) is 13.7. The van der Waals surface area contributed by atoms with Crippen LogP contribution in [-0.2, 0) is 43.2 Å². The number of nitrogens with two attached hydrogens (primary N) is 3. The zero-order chi connectivity index (χ0) is 42.4. The highest BCUT2D eigenvalue weighted by Crippen LogP contribution is 2.24. The molecular weight excluding hydrogens is 730 g/mol. The SMILES string of the molecule is CC[C@H](C)[C@H](NC(=O)[C@@H]1CCCN1C(=O)[C@H](CC(C)C)NC(=O)[C@@H](N)C(C)C)C(=O)N1CCC[C@H]1C(=O)N[C@@H](CCC(N)=O)C(=O)N[C@@H](CCC(N)=O)C(=O)O. The number of rotatable bonds is 22. The van der Waals surface area contributed by atoms with Crippen LogP contribution in [0.3, 0.4) is 0 Å². The molecule has 19 nitrogen and oxygen atoms in total. The van der Waals surface area contributed by atoms with E-state index < -0.39 is 101 Å². The van der Waals surface area contributed by atoms with Crippen LogP contribution in [0.15, 0.2) is 0 Å². The van der Waals surface area contributed by atoms with Crippen molar-refractivity contribution in [2.45, 2.75) is 148 Å². The first-order valence-corrected chi connectivity index (χ1v) is 19.6. The molecule has 0 bridgehead atoms. The second kappa shape index (κ2) is 22.1. The maximum absolute atomic E-state index is 14.2. The number of primary amides is 2. The van der Waals surface area contributed by atoms with Gasteiger partial charge in [0.1, 0.15) is 36.3 Å². The van der Waals surface area contributed by atoms with Gasteiger partial charge in [0, 0.05) is 25.9 Å². The lowest BCUT2D eigenvalue weighted by Crippen LogP contribution is -2.60. The van der Waals surface area contributed by atoms with E-state index in [1.165, 1.54) is 9.80 Å². The number of carboxylic acid groups (broad SMARTS) is 1. The number of likely N-dealkylation sites (tertiary alicyclic amines) is 2. The fourth-order valence-corrected chi connectivity index (χ4v) is 6.82. The lowest BCUT2D eigenvalue weighted by Gasteiger charge is -2.34. The summed E-state index contributed by atoms with van der Waals surface area (Å²) in [4.78, 5) is 119. The number of nitrogens with one attached hydrogen (secondary N) is 4. The number of carbonyl (C=O) groups excluding carboxylic acids is 8. The quantitative estimate of drug-likeness (QED) is 0.0630. The maximum atomic E-state index is 14.2. The van der Waals surface area contributed by atoms with Crippen LogP contribution < -0.4 is 38.5 Å². The van der Waals surface area contributed by atoms with E-state index in [0.29, 0.717) is 32.1 Å². The van der Waals surface area contributed by atoms with Gasteiger partial charge < -0.3 is 53.4 Å². The molecule has 0 saturated carbocycles. The van der Waals surface area contributed by atoms with E-state index in [1.807, 2.05) is 20.8 Å². The van der Waals surface area contributed by atoms with E-state index in [1.54, 1.807) is 20.8 Å². The van der Waals surface area contributed by atoms with Crippen LogP contribution in [-0.4, -0.2) is 124 Å². The molecule has 56 heavy (non-hydrogen) atoms. The highest BCUT2D eigenvalue weighted by molar-refractivity contribution is 5.97. The monoisotopic (exact) mass is 793 g/mol. The molecule has 0 aromatic rings. The summed E-state index contributed by atoms with van der Waals surface area (Å²) in [5.74, 6) is -7.15. The van der Waals surface area contributed by atoms with Crippen molar-refractivity contribution in [1.82, 2.24) is 31.1 Å². The van der Waals surface area contributed by atoms with Gasteiger partial charge >= 0.3 is 5.97 Å². The molecule has 8 atom stereocenters. The van der Waals surface area contributed by atoms with Gasteiger partial charge in [-0.25, -0.2) is 4.79 Å². The van der Waals surface area contributed by atoms with Gasteiger partial charge in [-0.05, 0) is 62.7 Å². The Kier molecular flexibility index (Phi) is 18.7. The van der Waals surface area contributed by atoms with Crippen LogP contribution in [0.5, 0.6) is 0 Å². The Hall–Kier alpha value is -4.81. The highest BCUT2D eigenvalue weighted by Gasteiger charge is 2.43. The molecule has 2 saturated heterocycles. The van der Waals surface area contributed by atoms with E-state index in [2.05, 4.69) is 21.3 Å². The van der Waals surface area contributed by atoms with E-state index in [9.17, 15) is 48.3 Å². The first-order chi connectivity index (χ1) is 26.2. The molecule has 0 radical (unpaired) electrons. The minimum Gasteiger partial charge on any atom is -0.480 e. The molecule has 0 spiro atoms. The average Bonchev–Trinajstić information content (AvgIpc) is 3.83. The minimum absolute atomic E-state index is 0.0372. The molecule has 2 rings (SSSR count). The minimum atomic E-state index is -1.51. The van der Waals surface area contributed by atoms with Crippen molar-refractivity contribution >= 4 is 53.2 Å². The highest BCUT2D eigenvalue weighted by atomic mass is 16.4. The van der Waals surface area contributed by atoms with Gasteiger partial charge in [0.25, 0.3) is 0 Å².